The Bertz CT molecular complexity index is 1080. The number of carbonyl (C=O) groups excluding carboxylic acids is 3. The molecule has 36 heavy (non-hydrogen) atoms. The first-order chi connectivity index (χ1) is 17.3. The Balaban J connectivity index is 1.59. The molecule has 0 aliphatic carbocycles. The monoisotopic (exact) mass is 493 g/mol. The number of nitrogens with zero attached hydrogens (tertiary/aromatic N) is 4. The van der Waals surface area contributed by atoms with Crippen molar-refractivity contribution in [1.29, 1.82) is 0 Å². The van der Waals surface area contributed by atoms with E-state index < -0.39 is 12.2 Å². The van der Waals surface area contributed by atoms with Crippen LogP contribution in [0.15, 0.2) is 54.6 Å². The molecule has 2 fully saturated rings. The molecule has 1 unspecified atom stereocenters. The maximum atomic E-state index is 13.6. The predicted octanol–water partition coefficient (Wildman–Crippen LogP) is 2.68. The highest BCUT2D eigenvalue weighted by atomic mass is 16.5. The molecule has 4 amide bonds. The summed E-state index contributed by atoms with van der Waals surface area (Å²) in [4.78, 5) is 43.8. The number of amides is 4. The van der Waals surface area contributed by atoms with Gasteiger partial charge < -0.3 is 19.9 Å². The van der Waals surface area contributed by atoms with Crippen LogP contribution in [0.4, 0.5) is 4.79 Å². The van der Waals surface area contributed by atoms with Crippen molar-refractivity contribution in [2.45, 2.75) is 45.6 Å². The third kappa shape index (κ3) is 5.16. The van der Waals surface area contributed by atoms with Gasteiger partial charge in [-0.2, -0.15) is 0 Å². The van der Waals surface area contributed by atoms with Crippen molar-refractivity contribution in [3.63, 3.8) is 0 Å². The molecule has 1 N–H and O–H groups in total. The second-order valence-electron chi connectivity index (χ2n) is 9.48. The smallest absolute Gasteiger partial charge is 0.334 e. The Hall–Kier alpha value is -3.59. The van der Waals surface area contributed by atoms with Gasteiger partial charge in [-0.15, -0.1) is 0 Å². The molecule has 192 valence electrons. The Labute approximate surface area is 212 Å². The van der Waals surface area contributed by atoms with Crippen LogP contribution in [-0.2, 0) is 22.7 Å². The maximum Gasteiger partial charge on any atom is 0.334 e. The van der Waals surface area contributed by atoms with Gasteiger partial charge in [-0.1, -0.05) is 62.7 Å². The van der Waals surface area contributed by atoms with E-state index in [-0.39, 0.29) is 36.9 Å². The number of methoxy groups -OCH3 is 1. The van der Waals surface area contributed by atoms with Crippen LogP contribution in [0.3, 0.4) is 0 Å². The van der Waals surface area contributed by atoms with Gasteiger partial charge in [-0.25, -0.2) is 14.8 Å². The van der Waals surface area contributed by atoms with Gasteiger partial charge >= 0.3 is 6.03 Å². The van der Waals surface area contributed by atoms with E-state index in [9.17, 15) is 14.4 Å². The minimum atomic E-state index is -0.615. The highest BCUT2D eigenvalue weighted by Gasteiger charge is 2.51. The fourth-order valence-corrected chi connectivity index (χ4v) is 4.94. The van der Waals surface area contributed by atoms with Crippen molar-refractivity contribution >= 4 is 17.8 Å². The minimum Gasteiger partial charge on any atom is -0.497 e. The summed E-state index contributed by atoms with van der Waals surface area (Å²) in [6.07, 6.45) is 0.151. The molecule has 0 aromatic heterocycles. The van der Waals surface area contributed by atoms with E-state index in [2.05, 4.69) is 5.32 Å². The summed E-state index contributed by atoms with van der Waals surface area (Å²) in [5.74, 6) is 0.493. The van der Waals surface area contributed by atoms with Gasteiger partial charge in [-0.3, -0.25) is 9.59 Å². The number of carbonyl (C=O) groups is 3. The molecule has 9 nitrogen and oxygen atoms in total. The van der Waals surface area contributed by atoms with E-state index >= 15 is 0 Å². The van der Waals surface area contributed by atoms with E-state index in [0.717, 1.165) is 23.3 Å². The molecule has 0 bridgehead atoms. The van der Waals surface area contributed by atoms with E-state index in [1.807, 2.05) is 68.4 Å². The molecule has 2 saturated heterocycles. The van der Waals surface area contributed by atoms with Gasteiger partial charge in [0.1, 0.15) is 18.0 Å². The summed E-state index contributed by atoms with van der Waals surface area (Å²) in [5, 5.41) is 6.22. The van der Waals surface area contributed by atoms with Crippen LogP contribution >= 0.6 is 0 Å². The normalized spacial score (nSPS) is 21.3. The molecule has 3 atom stereocenters. The van der Waals surface area contributed by atoms with Gasteiger partial charge in [0.15, 0.2) is 0 Å². The first-order valence-electron chi connectivity index (χ1n) is 12.4. The predicted molar refractivity (Wildman–Crippen MR) is 135 cm³/mol. The van der Waals surface area contributed by atoms with Gasteiger partial charge in [-0.05, 0) is 29.2 Å². The zero-order valence-corrected chi connectivity index (χ0v) is 21.4. The van der Waals surface area contributed by atoms with Crippen molar-refractivity contribution in [2.24, 2.45) is 5.92 Å². The Morgan fingerprint density at radius 3 is 2.42 bits per heavy atom. The van der Waals surface area contributed by atoms with E-state index in [4.69, 9.17) is 4.74 Å². The van der Waals surface area contributed by atoms with Gasteiger partial charge in [0.2, 0.25) is 11.8 Å². The third-order valence-corrected chi connectivity index (χ3v) is 7.08. The molecular formula is C27H35N5O4. The topological polar surface area (TPSA) is 85.4 Å². The maximum absolute atomic E-state index is 13.6. The molecule has 0 spiro atoms. The number of benzene rings is 2. The van der Waals surface area contributed by atoms with Crippen molar-refractivity contribution in [3.05, 3.63) is 65.7 Å². The molecule has 2 aliphatic rings. The highest BCUT2D eigenvalue weighted by molar-refractivity contribution is 5.91. The van der Waals surface area contributed by atoms with Crippen LogP contribution < -0.4 is 10.1 Å². The molecule has 2 aromatic rings. The van der Waals surface area contributed by atoms with E-state index in [1.54, 1.807) is 34.0 Å². The molecule has 0 radical (unpaired) electrons. The second kappa shape index (κ2) is 11.0. The largest absolute Gasteiger partial charge is 0.497 e. The number of rotatable bonds is 7. The fraction of sp³-hybridized carbons (Fsp3) is 0.444. The van der Waals surface area contributed by atoms with Crippen LogP contribution in [0, 0.1) is 5.92 Å². The molecule has 2 heterocycles. The summed E-state index contributed by atoms with van der Waals surface area (Å²) in [5.41, 5.74) is 1.94. The number of nitrogens with one attached hydrogen (secondary N) is 1. The number of likely N-dealkylation sites (N-methyl/N-ethyl adjacent to an activating group) is 1. The van der Waals surface area contributed by atoms with Crippen molar-refractivity contribution < 1.29 is 19.1 Å². The van der Waals surface area contributed by atoms with Crippen LogP contribution in [-0.4, -0.2) is 77.1 Å². The number of urea groups is 1. The summed E-state index contributed by atoms with van der Waals surface area (Å²) in [6.45, 7) is 5.04. The molecule has 4 rings (SSSR count). The lowest BCUT2D eigenvalue weighted by atomic mass is 9.92. The van der Waals surface area contributed by atoms with Crippen LogP contribution in [0.2, 0.25) is 0 Å². The lowest BCUT2D eigenvalue weighted by Gasteiger charge is -2.55. The standard InChI is InChI=1S/C27H35N5O4/c1-5-19(2)25-26(34)30(16-21-9-7-6-8-10-21)17-23-31(25)24(33)18-29(3)32(23)27(35)28-15-20-11-13-22(36-4)14-12-20/h6-14,19,23,25H,5,15-18H2,1-4H3,(H,28,35)/t19?,23-,25-/m0/s1. The summed E-state index contributed by atoms with van der Waals surface area (Å²) < 4.78 is 5.20. The summed E-state index contributed by atoms with van der Waals surface area (Å²) in [6, 6.07) is 16.4. The van der Waals surface area contributed by atoms with Crippen molar-refractivity contribution in [2.75, 3.05) is 27.2 Å². The van der Waals surface area contributed by atoms with Crippen LogP contribution in [0.25, 0.3) is 0 Å². The zero-order valence-electron chi connectivity index (χ0n) is 21.4. The van der Waals surface area contributed by atoms with E-state index in [1.165, 1.54) is 0 Å². The Morgan fingerprint density at radius 1 is 1.08 bits per heavy atom. The fourth-order valence-electron chi connectivity index (χ4n) is 4.94. The molecule has 2 aromatic carbocycles. The van der Waals surface area contributed by atoms with Crippen LogP contribution in [0.1, 0.15) is 31.4 Å². The van der Waals surface area contributed by atoms with Gasteiger partial charge in [0.25, 0.3) is 0 Å². The number of hydrogen-bond donors (Lipinski definition) is 1. The number of hydrazine groups is 1. The average Bonchev–Trinajstić information content (AvgIpc) is 2.88. The number of hydrogen-bond acceptors (Lipinski definition) is 5. The second-order valence-corrected chi connectivity index (χ2v) is 9.48. The van der Waals surface area contributed by atoms with Crippen LogP contribution in [0.5, 0.6) is 5.75 Å². The number of ether oxygens (including phenoxy) is 1. The summed E-state index contributed by atoms with van der Waals surface area (Å²) in [7, 11) is 3.34. The SMILES string of the molecule is CCC(C)[C@H]1C(=O)N(Cc2ccccc2)C[C@H]2N1C(=O)CN(C)N2C(=O)NCc1ccc(OC)cc1. The number of fused-ring (bicyclic) bond motifs is 1. The van der Waals surface area contributed by atoms with Crippen molar-refractivity contribution in [1.82, 2.24) is 25.1 Å². The Morgan fingerprint density at radius 2 is 1.78 bits per heavy atom. The lowest BCUT2D eigenvalue weighted by molar-refractivity contribution is -0.190. The van der Waals surface area contributed by atoms with Crippen molar-refractivity contribution in [3.8, 4) is 5.75 Å². The molecular weight excluding hydrogens is 458 g/mol. The molecule has 2 aliphatic heterocycles. The first-order valence-corrected chi connectivity index (χ1v) is 12.4. The molecule has 9 heteroatoms. The van der Waals surface area contributed by atoms with E-state index in [0.29, 0.717) is 13.1 Å². The number of piperazine rings is 1. The quantitative estimate of drug-likeness (QED) is 0.641. The lowest BCUT2D eigenvalue weighted by Crippen LogP contribution is -2.76. The minimum absolute atomic E-state index is 0.0331. The average molecular weight is 494 g/mol. The Kier molecular flexibility index (Phi) is 7.79. The molecule has 0 saturated carbocycles. The third-order valence-electron chi connectivity index (χ3n) is 7.08. The van der Waals surface area contributed by atoms with Gasteiger partial charge in [0.05, 0.1) is 20.2 Å². The first kappa shape index (κ1) is 25.5. The van der Waals surface area contributed by atoms with Gasteiger partial charge in [0, 0.05) is 20.1 Å². The highest BCUT2D eigenvalue weighted by Crippen LogP contribution is 2.31. The zero-order chi connectivity index (χ0) is 25.8. The summed E-state index contributed by atoms with van der Waals surface area (Å²) >= 11 is 0.